The Balaban J connectivity index is 1.39. The van der Waals surface area contributed by atoms with Crippen LogP contribution in [-0.2, 0) is 0 Å². The Bertz CT molecular complexity index is 1280. The maximum absolute atomic E-state index is 12.6. The number of fused-ring (bicyclic) bond motifs is 3. The minimum atomic E-state index is -0.143. The molecule has 0 saturated heterocycles. The number of hydrogen-bond donors (Lipinski definition) is 1. The van der Waals surface area contributed by atoms with Crippen LogP contribution in [-0.4, -0.2) is 5.91 Å². The number of benzene rings is 4. The third-order valence-corrected chi connectivity index (χ3v) is 4.89. The number of amides is 1. The number of hydrogen-bond acceptors (Lipinski definition) is 2. The number of nitrogens with one attached hydrogen (secondary N) is 1. The molecule has 0 saturated carbocycles. The van der Waals surface area contributed by atoms with Crippen LogP contribution in [0.15, 0.2) is 101 Å². The Morgan fingerprint density at radius 1 is 0.643 bits per heavy atom. The van der Waals surface area contributed by atoms with E-state index in [1.165, 1.54) is 0 Å². The van der Waals surface area contributed by atoms with Crippen LogP contribution in [0.25, 0.3) is 33.1 Å². The van der Waals surface area contributed by atoms with Crippen molar-refractivity contribution in [1.29, 1.82) is 0 Å². The van der Waals surface area contributed by atoms with Gasteiger partial charge in [-0.1, -0.05) is 60.7 Å². The fraction of sp³-hybridized carbons (Fsp3) is 0. The van der Waals surface area contributed by atoms with Gasteiger partial charge in [0, 0.05) is 28.1 Å². The van der Waals surface area contributed by atoms with E-state index in [0.717, 1.165) is 33.1 Å². The molecule has 0 spiro atoms. The molecule has 0 atom stereocenters. The van der Waals surface area contributed by atoms with Crippen LogP contribution in [0, 0.1) is 0 Å². The Hall–Kier alpha value is -3.85. The summed E-state index contributed by atoms with van der Waals surface area (Å²) in [6.07, 6.45) is 0. The van der Waals surface area contributed by atoms with Crippen molar-refractivity contribution < 1.29 is 9.21 Å². The zero-order chi connectivity index (χ0) is 18.9. The molecular formula is C25H17NO2. The Morgan fingerprint density at radius 2 is 1.32 bits per heavy atom. The van der Waals surface area contributed by atoms with Crippen molar-refractivity contribution in [3.63, 3.8) is 0 Å². The van der Waals surface area contributed by atoms with E-state index < -0.39 is 0 Å². The van der Waals surface area contributed by atoms with Crippen LogP contribution >= 0.6 is 0 Å². The van der Waals surface area contributed by atoms with Crippen LogP contribution in [0.1, 0.15) is 10.4 Å². The maximum Gasteiger partial charge on any atom is 0.255 e. The smallest absolute Gasteiger partial charge is 0.255 e. The van der Waals surface area contributed by atoms with Gasteiger partial charge >= 0.3 is 0 Å². The van der Waals surface area contributed by atoms with Crippen molar-refractivity contribution in [2.24, 2.45) is 0 Å². The van der Waals surface area contributed by atoms with Crippen LogP contribution in [0.2, 0.25) is 0 Å². The summed E-state index contributed by atoms with van der Waals surface area (Å²) >= 11 is 0. The number of furan rings is 1. The normalized spacial score (nSPS) is 11.0. The van der Waals surface area contributed by atoms with Gasteiger partial charge in [-0.25, -0.2) is 0 Å². The van der Waals surface area contributed by atoms with Gasteiger partial charge in [-0.15, -0.1) is 0 Å². The predicted molar refractivity (Wildman–Crippen MR) is 114 cm³/mol. The number of rotatable bonds is 3. The van der Waals surface area contributed by atoms with Crippen molar-refractivity contribution in [3.05, 3.63) is 103 Å². The summed E-state index contributed by atoms with van der Waals surface area (Å²) in [6, 6.07) is 31.4. The quantitative estimate of drug-likeness (QED) is 0.397. The molecule has 3 heteroatoms. The van der Waals surface area contributed by atoms with Gasteiger partial charge in [0.2, 0.25) is 0 Å². The molecule has 5 rings (SSSR count). The molecule has 4 aromatic carbocycles. The number of anilines is 1. The summed E-state index contributed by atoms with van der Waals surface area (Å²) in [6.45, 7) is 0. The first-order valence-electron chi connectivity index (χ1n) is 9.16. The molecule has 0 aliphatic carbocycles. The lowest BCUT2D eigenvalue weighted by molar-refractivity contribution is 0.102. The molecule has 1 heterocycles. The van der Waals surface area contributed by atoms with Crippen LogP contribution in [0.5, 0.6) is 0 Å². The lowest BCUT2D eigenvalue weighted by atomic mass is 10.0. The Kier molecular flexibility index (Phi) is 3.91. The lowest BCUT2D eigenvalue weighted by Crippen LogP contribution is -2.11. The molecule has 0 unspecified atom stereocenters. The van der Waals surface area contributed by atoms with Gasteiger partial charge in [-0.2, -0.15) is 0 Å². The molecule has 0 aliphatic heterocycles. The van der Waals surface area contributed by atoms with Gasteiger partial charge < -0.3 is 9.73 Å². The van der Waals surface area contributed by atoms with E-state index in [-0.39, 0.29) is 5.91 Å². The van der Waals surface area contributed by atoms with E-state index in [0.29, 0.717) is 11.3 Å². The Labute approximate surface area is 162 Å². The molecule has 28 heavy (non-hydrogen) atoms. The molecule has 0 radical (unpaired) electrons. The number of para-hydroxylation sites is 1. The van der Waals surface area contributed by atoms with Crippen LogP contribution in [0.4, 0.5) is 5.69 Å². The summed E-state index contributed by atoms with van der Waals surface area (Å²) in [5, 5.41) is 5.07. The van der Waals surface area contributed by atoms with Gasteiger partial charge in [0.15, 0.2) is 0 Å². The van der Waals surface area contributed by atoms with E-state index in [4.69, 9.17) is 4.42 Å². The first kappa shape index (κ1) is 16.3. The topological polar surface area (TPSA) is 42.2 Å². The second-order valence-electron chi connectivity index (χ2n) is 6.71. The van der Waals surface area contributed by atoms with Crippen LogP contribution in [0.3, 0.4) is 0 Å². The van der Waals surface area contributed by atoms with Crippen molar-refractivity contribution in [3.8, 4) is 11.1 Å². The van der Waals surface area contributed by atoms with E-state index in [1.807, 2.05) is 84.9 Å². The standard InChI is InChI=1S/C25H17NO2/c27-25(19-12-10-18(11-13-19)17-6-2-1-3-7-17)26-20-14-15-22-21-8-4-5-9-23(21)28-24(22)16-20/h1-16H,(H,26,27). The highest BCUT2D eigenvalue weighted by Gasteiger charge is 2.10. The van der Waals surface area contributed by atoms with Gasteiger partial charge in [-0.05, 0) is 41.5 Å². The van der Waals surface area contributed by atoms with Gasteiger partial charge in [-0.3, -0.25) is 4.79 Å². The molecule has 0 bridgehead atoms. The lowest BCUT2D eigenvalue weighted by Gasteiger charge is -2.07. The number of carbonyl (C=O) groups is 1. The molecule has 1 N–H and O–H groups in total. The first-order chi connectivity index (χ1) is 13.8. The van der Waals surface area contributed by atoms with E-state index in [9.17, 15) is 4.79 Å². The third kappa shape index (κ3) is 2.93. The zero-order valence-corrected chi connectivity index (χ0v) is 15.1. The minimum absolute atomic E-state index is 0.143. The molecule has 3 nitrogen and oxygen atoms in total. The predicted octanol–water partition coefficient (Wildman–Crippen LogP) is 6.51. The molecular weight excluding hydrogens is 346 g/mol. The number of carbonyl (C=O) groups excluding carboxylic acids is 1. The summed E-state index contributed by atoms with van der Waals surface area (Å²) in [5.74, 6) is -0.143. The van der Waals surface area contributed by atoms with Gasteiger partial charge in [0.1, 0.15) is 11.2 Å². The third-order valence-electron chi connectivity index (χ3n) is 4.89. The fourth-order valence-electron chi connectivity index (χ4n) is 3.45. The molecule has 0 aliphatic rings. The van der Waals surface area contributed by atoms with Gasteiger partial charge in [0.25, 0.3) is 5.91 Å². The van der Waals surface area contributed by atoms with Crippen molar-refractivity contribution in [1.82, 2.24) is 0 Å². The second-order valence-corrected chi connectivity index (χ2v) is 6.71. The van der Waals surface area contributed by atoms with Crippen LogP contribution < -0.4 is 5.32 Å². The molecule has 0 fully saturated rings. The SMILES string of the molecule is O=C(Nc1ccc2c(c1)oc1ccccc12)c1ccc(-c2ccccc2)cc1. The largest absolute Gasteiger partial charge is 0.456 e. The fourth-order valence-corrected chi connectivity index (χ4v) is 3.45. The van der Waals surface area contributed by atoms with E-state index >= 15 is 0 Å². The first-order valence-corrected chi connectivity index (χ1v) is 9.16. The minimum Gasteiger partial charge on any atom is -0.456 e. The average molecular weight is 363 g/mol. The highest BCUT2D eigenvalue weighted by Crippen LogP contribution is 2.30. The highest BCUT2D eigenvalue weighted by atomic mass is 16.3. The summed E-state index contributed by atoms with van der Waals surface area (Å²) in [7, 11) is 0. The van der Waals surface area contributed by atoms with Crippen molar-refractivity contribution in [2.75, 3.05) is 5.32 Å². The zero-order valence-electron chi connectivity index (χ0n) is 15.1. The summed E-state index contributed by atoms with van der Waals surface area (Å²) < 4.78 is 5.89. The summed E-state index contributed by atoms with van der Waals surface area (Å²) in [4.78, 5) is 12.6. The highest BCUT2D eigenvalue weighted by molar-refractivity contribution is 6.08. The molecule has 134 valence electrons. The second kappa shape index (κ2) is 6.71. The van der Waals surface area contributed by atoms with Crippen molar-refractivity contribution in [2.45, 2.75) is 0 Å². The summed E-state index contributed by atoms with van der Waals surface area (Å²) in [5.41, 5.74) is 5.15. The van der Waals surface area contributed by atoms with E-state index in [2.05, 4.69) is 17.4 Å². The maximum atomic E-state index is 12.6. The molecule has 1 aromatic heterocycles. The average Bonchev–Trinajstić information content (AvgIpc) is 3.12. The molecule has 5 aromatic rings. The molecule has 1 amide bonds. The van der Waals surface area contributed by atoms with Gasteiger partial charge in [0.05, 0.1) is 0 Å². The Morgan fingerprint density at radius 3 is 2.14 bits per heavy atom. The van der Waals surface area contributed by atoms with E-state index in [1.54, 1.807) is 0 Å². The monoisotopic (exact) mass is 363 g/mol. The van der Waals surface area contributed by atoms with Crippen molar-refractivity contribution >= 4 is 33.5 Å².